The summed E-state index contributed by atoms with van der Waals surface area (Å²) in [6.07, 6.45) is 13.5. The molecule has 5 heteroatoms. The van der Waals surface area contributed by atoms with E-state index in [1.54, 1.807) is 12.5 Å². The molecule has 0 bridgehead atoms. The normalized spacial score (nSPS) is 12.3. The van der Waals surface area contributed by atoms with Crippen molar-refractivity contribution < 1.29 is 9.53 Å². The summed E-state index contributed by atoms with van der Waals surface area (Å²) >= 11 is 0. The van der Waals surface area contributed by atoms with Crippen LogP contribution in [0.25, 0.3) is 0 Å². The van der Waals surface area contributed by atoms with Gasteiger partial charge in [0.15, 0.2) is 0 Å². The first kappa shape index (κ1) is 17.7. The van der Waals surface area contributed by atoms with Gasteiger partial charge in [-0.25, -0.2) is 4.98 Å². The molecule has 0 saturated carbocycles. The molecule has 1 heterocycles. The molecule has 0 aliphatic heterocycles. The van der Waals surface area contributed by atoms with Crippen molar-refractivity contribution in [2.24, 2.45) is 5.73 Å². The summed E-state index contributed by atoms with van der Waals surface area (Å²) in [5.41, 5.74) is 6.65. The number of nitrogens with one attached hydrogen (secondary N) is 1. The minimum absolute atomic E-state index is 0.326. The fourth-order valence-corrected chi connectivity index (χ4v) is 2.23. The first-order chi connectivity index (χ1) is 10.2. The lowest BCUT2D eigenvalue weighted by Crippen LogP contribution is -2.34. The molecule has 21 heavy (non-hydrogen) atoms. The topological polar surface area (TPSA) is 81.0 Å². The Labute approximate surface area is 127 Å². The number of aromatic nitrogens is 2. The van der Waals surface area contributed by atoms with Crippen LogP contribution in [-0.2, 0) is 16.0 Å². The van der Waals surface area contributed by atoms with E-state index in [-0.39, 0.29) is 5.97 Å². The molecule has 0 spiro atoms. The van der Waals surface area contributed by atoms with Crippen LogP contribution < -0.4 is 5.73 Å². The lowest BCUT2D eigenvalue weighted by Gasteiger charge is -2.10. The van der Waals surface area contributed by atoms with Gasteiger partial charge >= 0.3 is 5.97 Å². The summed E-state index contributed by atoms with van der Waals surface area (Å²) in [6, 6.07) is -0.612. The van der Waals surface area contributed by atoms with E-state index in [1.165, 1.54) is 38.5 Å². The highest BCUT2D eigenvalue weighted by molar-refractivity contribution is 5.75. The Morgan fingerprint density at radius 1 is 1.24 bits per heavy atom. The number of imidazole rings is 1. The molecule has 0 amide bonds. The number of unbranched alkanes of at least 4 members (excludes halogenated alkanes) is 7. The smallest absolute Gasteiger partial charge is 0.323 e. The Balaban J connectivity index is 1.95. The van der Waals surface area contributed by atoms with Crippen LogP contribution in [0, 0.1) is 0 Å². The van der Waals surface area contributed by atoms with Crippen LogP contribution in [0.5, 0.6) is 0 Å². The second kappa shape index (κ2) is 11.3. The predicted octanol–water partition coefficient (Wildman–Crippen LogP) is 2.96. The van der Waals surface area contributed by atoms with Gasteiger partial charge in [-0.15, -0.1) is 0 Å². The number of aromatic amines is 1. The van der Waals surface area contributed by atoms with Crippen molar-refractivity contribution in [1.29, 1.82) is 0 Å². The summed E-state index contributed by atoms with van der Waals surface area (Å²) in [6.45, 7) is 2.70. The maximum absolute atomic E-state index is 11.7. The number of nitrogens with two attached hydrogens (primary N) is 1. The second-order valence-corrected chi connectivity index (χ2v) is 5.53. The maximum atomic E-state index is 11.7. The molecule has 120 valence electrons. The number of hydrogen-bond acceptors (Lipinski definition) is 4. The van der Waals surface area contributed by atoms with Gasteiger partial charge in [0.25, 0.3) is 0 Å². The van der Waals surface area contributed by atoms with Crippen molar-refractivity contribution in [2.45, 2.75) is 70.8 Å². The second-order valence-electron chi connectivity index (χ2n) is 5.53. The van der Waals surface area contributed by atoms with Gasteiger partial charge in [-0.2, -0.15) is 0 Å². The summed E-state index contributed by atoms with van der Waals surface area (Å²) < 4.78 is 5.20. The Kier molecular flexibility index (Phi) is 9.53. The zero-order valence-electron chi connectivity index (χ0n) is 13.1. The number of nitrogens with zero attached hydrogens (tertiary/aromatic N) is 1. The number of hydrogen-bond donors (Lipinski definition) is 2. The van der Waals surface area contributed by atoms with Gasteiger partial charge in [-0.3, -0.25) is 4.79 Å². The Bertz CT molecular complexity index is 366. The molecule has 0 radical (unpaired) electrons. The van der Waals surface area contributed by atoms with Crippen molar-refractivity contribution in [1.82, 2.24) is 9.97 Å². The zero-order chi connectivity index (χ0) is 15.3. The molecule has 1 rings (SSSR count). The number of ether oxygens (including phenoxy) is 1. The lowest BCUT2D eigenvalue weighted by atomic mass is 10.1. The molecule has 0 aliphatic carbocycles. The maximum Gasteiger partial charge on any atom is 0.323 e. The molecule has 5 nitrogen and oxygen atoms in total. The van der Waals surface area contributed by atoms with Crippen molar-refractivity contribution in [3.63, 3.8) is 0 Å². The molecule has 0 aliphatic rings. The van der Waals surface area contributed by atoms with E-state index in [1.807, 2.05) is 0 Å². The summed E-state index contributed by atoms with van der Waals surface area (Å²) in [4.78, 5) is 18.5. The van der Waals surface area contributed by atoms with Gasteiger partial charge in [0.05, 0.1) is 12.9 Å². The van der Waals surface area contributed by atoms with E-state index in [0.717, 1.165) is 18.5 Å². The first-order valence-electron chi connectivity index (χ1n) is 8.13. The molecule has 0 fully saturated rings. The average Bonchev–Trinajstić information content (AvgIpc) is 2.98. The standard InChI is InChI=1S/C16H29N3O2/c1-2-3-4-5-6-7-8-9-10-21-16(20)15(17)11-14-12-18-13-19-14/h12-13,15H,2-11,17H2,1H3,(H,18,19)/t15-/m0/s1. The number of H-pyrrole nitrogens is 1. The summed E-state index contributed by atoms with van der Waals surface area (Å²) in [5.74, 6) is -0.326. The fraction of sp³-hybridized carbons (Fsp3) is 0.750. The van der Waals surface area contributed by atoms with Gasteiger partial charge < -0.3 is 15.5 Å². The van der Waals surface area contributed by atoms with Gasteiger partial charge in [0, 0.05) is 18.3 Å². The lowest BCUT2D eigenvalue weighted by molar-refractivity contribution is -0.145. The average molecular weight is 295 g/mol. The first-order valence-corrected chi connectivity index (χ1v) is 8.13. The van der Waals surface area contributed by atoms with Gasteiger partial charge in [0.2, 0.25) is 0 Å². The molecule has 3 N–H and O–H groups in total. The Morgan fingerprint density at radius 2 is 1.90 bits per heavy atom. The molecule has 1 aromatic rings. The summed E-state index contributed by atoms with van der Waals surface area (Å²) in [7, 11) is 0. The zero-order valence-corrected chi connectivity index (χ0v) is 13.1. The molecule has 1 atom stereocenters. The van der Waals surface area contributed by atoms with E-state index < -0.39 is 6.04 Å². The molecule has 0 saturated heterocycles. The number of esters is 1. The largest absolute Gasteiger partial charge is 0.465 e. The van der Waals surface area contributed by atoms with Crippen LogP contribution >= 0.6 is 0 Å². The van der Waals surface area contributed by atoms with Crippen molar-refractivity contribution in [2.75, 3.05) is 6.61 Å². The SMILES string of the molecule is CCCCCCCCCCOC(=O)[C@@H](N)Cc1cnc[nH]1. The van der Waals surface area contributed by atoms with E-state index >= 15 is 0 Å². The highest BCUT2D eigenvalue weighted by Gasteiger charge is 2.15. The molecule has 1 aromatic heterocycles. The van der Waals surface area contributed by atoms with E-state index in [2.05, 4.69) is 16.9 Å². The molecular weight excluding hydrogens is 266 g/mol. The van der Waals surface area contributed by atoms with Crippen molar-refractivity contribution >= 4 is 5.97 Å². The van der Waals surface area contributed by atoms with E-state index in [4.69, 9.17) is 10.5 Å². The minimum atomic E-state index is -0.612. The Hall–Kier alpha value is -1.36. The predicted molar refractivity (Wildman–Crippen MR) is 83.8 cm³/mol. The minimum Gasteiger partial charge on any atom is -0.465 e. The molecule has 0 aromatic carbocycles. The van der Waals surface area contributed by atoms with Crippen LogP contribution in [0.2, 0.25) is 0 Å². The Morgan fingerprint density at radius 3 is 2.52 bits per heavy atom. The van der Waals surface area contributed by atoms with Crippen LogP contribution in [0.1, 0.15) is 64.0 Å². The highest BCUT2D eigenvalue weighted by atomic mass is 16.5. The van der Waals surface area contributed by atoms with Crippen LogP contribution in [-0.4, -0.2) is 28.6 Å². The third-order valence-corrected chi connectivity index (χ3v) is 3.54. The third kappa shape index (κ3) is 8.50. The van der Waals surface area contributed by atoms with E-state index in [9.17, 15) is 4.79 Å². The molecular formula is C16H29N3O2. The van der Waals surface area contributed by atoms with Crippen molar-refractivity contribution in [3.05, 3.63) is 18.2 Å². The van der Waals surface area contributed by atoms with E-state index in [0.29, 0.717) is 13.0 Å². The van der Waals surface area contributed by atoms with Gasteiger partial charge in [0.1, 0.15) is 6.04 Å². The number of rotatable bonds is 12. The van der Waals surface area contributed by atoms with Gasteiger partial charge in [-0.05, 0) is 6.42 Å². The number of carbonyl (C=O) groups is 1. The van der Waals surface area contributed by atoms with Crippen LogP contribution in [0.4, 0.5) is 0 Å². The third-order valence-electron chi connectivity index (χ3n) is 3.54. The fourth-order valence-electron chi connectivity index (χ4n) is 2.23. The van der Waals surface area contributed by atoms with Gasteiger partial charge in [-0.1, -0.05) is 51.9 Å². The monoisotopic (exact) mass is 295 g/mol. The molecule has 0 unspecified atom stereocenters. The highest BCUT2D eigenvalue weighted by Crippen LogP contribution is 2.08. The number of carbonyl (C=O) groups excluding carboxylic acids is 1. The van der Waals surface area contributed by atoms with Crippen LogP contribution in [0.15, 0.2) is 12.5 Å². The van der Waals surface area contributed by atoms with Crippen molar-refractivity contribution in [3.8, 4) is 0 Å². The quantitative estimate of drug-likeness (QED) is 0.459. The van der Waals surface area contributed by atoms with Crippen LogP contribution in [0.3, 0.4) is 0 Å². The summed E-state index contributed by atoms with van der Waals surface area (Å²) in [5, 5.41) is 0.